The molecule has 1 amide bonds. The normalized spacial score (nSPS) is 15.8. The Morgan fingerprint density at radius 2 is 2.07 bits per heavy atom. The number of amides is 1. The molecule has 0 bridgehead atoms. The molecular formula is C23H20N4O3. The molecule has 0 aliphatic carbocycles. The summed E-state index contributed by atoms with van der Waals surface area (Å²) in [5.74, 6) is -0.152. The van der Waals surface area contributed by atoms with E-state index < -0.39 is 0 Å². The Morgan fingerprint density at radius 1 is 1.20 bits per heavy atom. The van der Waals surface area contributed by atoms with Gasteiger partial charge < -0.3 is 14.6 Å². The van der Waals surface area contributed by atoms with Crippen molar-refractivity contribution in [2.75, 3.05) is 13.2 Å². The first-order chi connectivity index (χ1) is 14.6. The Bertz CT molecular complexity index is 1340. The van der Waals surface area contributed by atoms with Gasteiger partial charge in [-0.15, -0.1) is 0 Å². The van der Waals surface area contributed by atoms with Gasteiger partial charge >= 0.3 is 0 Å². The molecule has 7 heteroatoms. The summed E-state index contributed by atoms with van der Waals surface area (Å²) in [6, 6.07) is 12.8. The van der Waals surface area contributed by atoms with E-state index in [-0.39, 0.29) is 17.6 Å². The van der Waals surface area contributed by atoms with Crippen LogP contribution in [-0.2, 0) is 11.8 Å². The molecule has 3 heterocycles. The molecule has 0 spiro atoms. The number of fused-ring (bicyclic) bond motifs is 2. The van der Waals surface area contributed by atoms with Crippen molar-refractivity contribution in [2.45, 2.75) is 12.5 Å². The van der Waals surface area contributed by atoms with Crippen LogP contribution in [0.5, 0.6) is 0 Å². The molecule has 1 aliphatic rings. The van der Waals surface area contributed by atoms with Crippen molar-refractivity contribution in [3.63, 3.8) is 0 Å². The summed E-state index contributed by atoms with van der Waals surface area (Å²) in [6.07, 6.45) is 4.55. The molecule has 0 saturated carbocycles. The van der Waals surface area contributed by atoms with Gasteiger partial charge in [0.05, 0.1) is 29.0 Å². The van der Waals surface area contributed by atoms with Crippen molar-refractivity contribution in [1.82, 2.24) is 19.9 Å². The minimum atomic E-state index is -0.152. The highest BCUT2D eigenvalue weighted by atomic mass is 16.5. The van der Waals surface area contributed by atoms with Crippen LogP contribution >= 0.6 is 0 Å². The molecule has 2 aromatic heterocycles. The van der Waals surface area contributed by atoms with E-state index in [0.29, 0.717) is 34.2 Å². The molecule has 30 heavy (non-hydrogen) atoms. The van der Waals surface area contributed by atoms with Gasteiger partial charge in [0.15, 0.2) is 0 Å². The van der Waals surface area contributed by atoms with Crippen LogP contribution in [0.4, 0.5) is 0 Å². The van der Waals surface area contributed by atoms with E-state index >= 15 is 0 Å². The maximum atomic E-state index is 12.4. The highest BCUT2D eigenvalue weighted by Crippen LogP contribution is 2.23. The average molecular weight is 400 g/mol. The van der Waals surface area contributed by atoms with Gasteiger partial charge in [0.2, 0.25) is 0 Å². The second-order valence-electron chi connectivity index (χ2n) is 7.48. The summed E-state index contributed by atoms with van der Waals surface area (Å²) < 4.78 is 6.90. The van der Waals surface area contributed by atoms with Crippen LogP contribution in [0.1, 0.15) is 16.8 Å². The van der Waals surface area contributed by atoms with Crippen LogP contribution in [0.2, 0.25) is 0 Å². The molecule has 1 fully saturated rings. The molecule has 1 atom stereocenters. The molecular weight excluding hydrogens is 380 g/mol. The van der Waals surface area contributed by atoms with E-state index in [0.717, 1.165) is 24.0 Å². The van der Waals surface area contributed by atoms with Crippen molar-refractivity contribution >= 4 is 27.7 Å². The fourth-order valence-electron chi connectivity index (χ4n) is 3.55. The smallest absolute Gasteiger partial charge is 0.258 e. The zero-order valence-corrected chi connectivity index (χ0v) is 16.5. The van der Waals surface area contributed by atoms with E-state index in [4.69, 9.17) is 9.72 Å². The van der Waals surface area contributed by atoms with E-state index in [9.17, 15) is 9.59 Å². The second-order valence-corrected chi connectivity index (χ2v) is 7.48. The van der Waals surface area contributed by atoms with Gasteiger partial charge in [-0.25, -0.2) is 4.98 Å². The summed E-state index contributed by atoms with van der Waals surface area (Å²) in [4.78, 5) is 33.9. The third-order valence-electron chi connectivity index (χ3n) is 5.46. The van der Waals surface area contributed by atoms with E-state index in [1.807, 2.05) is 24.3 Å². The lowest BCUT2D eigenvalue weighted by molar-refractivity contribution is -0.0472. The van der Waals surface area contributed by atoms with Crippen molar-refractivity contribution < 1.29 is 9.53 Å². The number of aryl methyl sites for hydroxylation is 1. The predicted molar refractivity (Wildman–Crippen MR) is 114 cm³/mol. The number of carbonyl (C=O) groups excluding carboxylic acids is 1. The fraction of sp³-hybridized carbons (Fsp3) is 0.217. The van der Waals surface area contributed by atoms with E-state index in [2.05, 4.69) is 10.3 Å². The number of rotatable bonds is 4. The Hall–Kier alpha value is -3.58. The lowest BCUT2D eigenvalue weighted by Crippen LogP contribution is -2.39. The fourth-order valence-corrected chi connectivity index (χ4v) is 3.55. The molecule has 5 rings (SSSR count). The van der Waals surface area contributed by atoms with Crippen molar-refractivity contribution in [3.8, 4) is 11.3 Å². The molecule has 1 aliphatic heterocycles. The lowest BCUT2D eigenvalue weighted by Gasteiger charge is -2.26. The zero-order chi connectivity index (χ0) is 20.7. The summed E-state index contributed by atoms with van der Waals surface area (Å²) >= 11 is 0. The largest absolute Gasteiger partial charge is 0.376 e. The number of nitrogens with one attached hydrogen (secondary N) is 1. The minimum Gasteiger partial charge on any atom is -0.376 e. The number of nitrogens with zero attached hydrogens (tertiary/aromatic N) is 3. The monoisotopic (exact) mass is 400 g/mol. The summed E-state index contributed by atoms with van der Waals surface area (Å²) in [5, 5.41) is 4.41. The second kappa shape index (κ2) is 7.35. The van der Waals surface area contributed by atoms with Gasteiger partial charge in [0.25, 0.3) is 11.5 Å². The molecule has 1 unspecified atom stereocenters. The van der Waals surface area contributed by atoms with Gasteiger partial charge in [0, 0.05) is 42.9 Å². The zero-order valence-electron chi connectivity index (χ0n) is 16.5. The van der Waals surface area contributed by atoms with Crippen molar-refractivity contribution in [2.24, 2.45) is 7.05 Å². The van der Waals surface area contributed by atoms with Crippen LogP contribution in [-0.4, -0.2) is 39.7 Å². The first kappa shape index (κ1) is 18.4. The van der Waals surface area contributed by atoms with E-state index in [1.54, 1.807) is 42.2 Å². The first-order valence-corrected chi connectivity index (χ1v) is 9.85. The Kier molecular flexibility index (Phi) is 4.52. The molecule has 4 aromatic rings. The van der Waals surface area contributed by atoms with Gasteiger partial charge in [-0.05, 0) is 48.2 Å². The molecule has 1 saturated heterocycles. The topological polar surface area (TPSA) is 86.1 Å². The summed E-state index contributed by atoms with van der Waals surface area (Å²) in [5.41, 5.74) is 3.41. The minimum absolute atomic E-state index is 0.0356. The van der Waals surface area contributed by atoms with Crippen LogP contribution in [0.3, 0.4) is 0 Å². The average Bonchev–Trinajstić information content (AvgIpc) is 2.74. The van der Waals surface area contributed by atoms with Gasteiger partial charge in [-0.2, -0.15) is 0 Å². The van der Waals surface area contributed by atoms with Crippen molar-refractivity contribution in [1.29, 1.82) is 0 Å². The highest BCUT2D eigenvalue weighted by Gasteiger charge is 2.19. The quantitative estimate of drug-likeness (QED) is 0.569. The molecule has 150 valence electrons. The predicted octanol–water partition coefficient (Wildman–Crippen LogP) is 2.67. The maximum Gasteiger partial charge on any atom is 0.258 e. The number of aromatic nitrogens is 3. The number of hydrogen-bond donors (Lipinski definition) is 1. The summed E-state index contributed by atoms with van der Waals surface area (Å²) in [6.45, 7) is 1.28. The van der Waals surface area contributed by atoms with Crippen LogP contribution < -0.4 is 10.9 Å². The molecule has 2 aromatic carbocycles. The summed E-state index contributed by atoms with van der Waals surface area (Å²) in [7, 11) is 1.73. The van der Waals surface area contributed by atoms with Gasteiger partial charge in [0.1, 0.15) is 0 Å². The third kappa shape index (κ3) is 3.33. The van der Waals surface area contributed by atoms with Crippen molar-refractivity contribution in [3.05, 3.63) is 70.8 Å². The Morgan fingerprint density at radius 3 is 2.87 bits per heavy atom. The molecule has 0 radical (unpaired) electrons. The standard InChI is InChI=1S/C23H20N4O3/c1-27-8-6-14-10-15(2-4-18(14)23(27)29)21-13-24-19-5-3-16(11-20(19)26-21)22(28)25-12-17-7-9-30-17/h2-6,8,10-11,13,17H,7,9,12H2,1H3,(H,25,28). The van der Waals surface area contributed by atoms with Crippen LogP contribution in [0.15, 0.2) is 59.7 Å². The maximum absolute atomic E-state index is 12.4. The van der Waals surface area contributed by atoms with E-state index in [1.165, 1.54) is 0 Å². The third-order valence-corrected chi connectivity index (χ3v) is 5.46. The lowest BCUT2D eigenvalue weighted by atomic mass is 10.1. The van der Waals surface area contributed by atoms with Gasteiger partial charge in [-0.1, -0.05) is 6.07 Å². The number of hydrogen-bond acceptors (Lipinski definition) is 5. The van der Waals surface area contributed by atoms with Crippen LogP contribution in [0.25, 0.3) is 33.1 Å². The SMILES string of the molecule is Cn1ccc2cc(-c3cnc4ccc(C(=O)NCC5CCO5)cc4n3)ccc2c1=O. The molecule has 7 nitrogen and oxygen atoms in total. The van der Waals surface area contributed by atoms with Gasteiger partial charge in [-0.3, -0.25) is 14.6 Å². The number of ether oxygens (including phenoxy) is 1. The van der Waals surface area contributed by atoms with Crippen LogP contribution in [0, 0.1) is 0 Å². The Labute approximate surface area is 172 Å². The number of carbonyl (C=O) groups is 1. The molecule has 1 N–H and O–H groups in total. The Balaban J connectivity index is 1.47. The first-order valence-electron chi connectivity index (χ1n) is 9.85. The highest BCUT2D eigenvalue weighted by molar-refractivity contribution is 5.97. The number of pyridine rings is 1. The number of benzene rings is 2.